The van der Waals surface area contributed by atoms with E-state index in [1.165, 1.54) is 0 Å². The van der Waals surface area contributed by atoms with Crippen LogP contribution in [0.15, 0.2) is 18.2 Å². The van der Waals surface area contributed by atoms with Crippen molar-refractivity contribution in [3.8, 4) is 5.75 Å². The van der Waals surface area contributed by atoms with Crippen molar-refractivity contribution in [2.75, 3.05) is 19.0 Å². The lowest BCUT2D eigenvalue weighted by Gasteiger charge is -2.19. The molecule has 0 aliphatic heterocycles. The molecule has 5 heteroatoms. The van der Waals surface area contributed by atoms with Gasteiger partial charge in [0, 0.05) is 12.2 Å². The van der Waals surface area contributed by atoms with Crippen molar-refractivity contribution in [1.29, 1.82) is 0 Å². The third-order valence-corrected chi connectivity index (χ3v) is 2.53. The summed E-state index contributed by atoms with van der Waals surface area (Å²) in [6, 6.07) is 5.38. The van der Waals surface area contributed by atoms with Gasteiger partial charge < -0.3 is 14.8 Å². The first-order chi connectivity index (χ1) is 8.81. The van der Waals surface area contributed by atoms with Crippen molar-refractivity contribution in [3.05, 3.63) is 23.2 Å². The third-order valence-electron chi connectivity index (χ3n) is 2.23. The fourth-order valence-corrected chi connectivity index (χ4v) is 1.74. The third kappa shape index (κ3) is 5.83. The molecule has 106 valence electrons. The fraction of sp³-hybridized carbons (Fsp3) is 0.500. The summed E-state index contributed by atoms with van der Waals surface area (Å²) in [4.78, 5) is 11.5. The summed E-state index contributed by atoms with van der Waals surface area (Å²) >= 11 is 6.00. The summed E-state index contributed by atoms with van der Waals surface area (Å²) in [6.45, 7) is 6.04. The van der Waals surface area contributed by atoms with Gasteiger partial charge in [-0.25, -0.2) is 0 Å². The van der Waals surface area contributed by atoms with Gasteiger partial charge in [-0.3, -0.25) is 4.79 Å². The molecule has 0 saturated heterocycles. The Morgan fingerprint density at radius 3 is 2.58 bits per heavy atom. The van der Waals surface area contributed by atoms with Gasteiger partial charge >= 0.3 is 5.97 Å². The van der Waals surface area contributed by atoms with Gasteiger partial charge in [0.25, 0.3) is 0 Å². The smallest absolute Gasteiger partial charge is 0.308 e. The zero-order valence-corrected chi connectivity index (χ0v) is 12.5. The van der Waals surface area contributed by atoms with Crippen LogP contribution >= 0.6 is 11.6 Å². The number of rotatable bonds is 5. The largest absolute Gasteiger partial charge is 0.495 e. The van der Waals surface area contributed by atoms with Crippen molar-refractivity contribution < 1.29 is 14.3 Å². The summed E-state index contributed by atoms with van der Waals surface area (Å²) in [7, 11) is 1.57. The highest BCUT2D eigenvalue weighted by Crippen LogP contribution is 2.27. The Hall–Kier alpha value is -1.42. The predicted octanol–water partition coefficient (Wildman–Crippen LogP) is 3.49. The molecule has 0 aliphatic rings. The fourth-order valence-electron chi connectivity index (χ4n) is 1.48. The molecule has 0 atom stereocenters. The van der Waals surface area contributed by atoms with Gasteiger partial charge in [-0.1, -0.05) is 11.6 Å². The standard InChI is InChI=1S/C14H20ClNO3/c1-14(2,3)19-13(17)7-8-16-10-5-6-12(18-4)11(15)9-10/h5-6,9,16H,7-8H2,1-4H3. The Morgan fingerprint density at radius 2 is 2.05 bits per heavy atom. The molecule has 19 heavy (non-hydrogen) atoms. The van der Waals surface area contributed by atoms with E-state index in [0.717, 1.165) is 5.69 Å². The first-order valence-electron chi connectivity index (χ1n) is 6.11. The van der Waals surface area contributed by atoms with E-state index in [9.17, 15) is 4.79 Å². The number of esters is 1. The number of methoxy groups -OCH3 is 1. The topological polar surface area (TPSA) is 47.6 Å². The highest BCUT2D eigenvalue weighted by atomic mass is 35.5. The van der Waals surface area contributed by atoms with Crippen molar-refractivity contribution in [2.24, 2.45) is 0 Å². The quantitative estimate of drug-likeness (QED) is 0.841. The zero-order valence-electron chi connectivity index (χ0n) is 11.7. The van der Waals surface area contributed by atoms with E-state index in [1.807, 2.05) is 26.8 Å². The molecule has 0 aliphatic carbocycles. The summed E-state index contributed by atoms with van der Waals surface area (Å²) in [5, 5.41) is 3.64. The lowest BCUT2D eigenvalue weighted by Crippen LogP contribution is -2.25. The first-order valence-corrected chi connectivity index (χ1v) is 6.49. The molecule has 0 spiro atoms. The summed E-state index contributed by atoms with van der Waals surface area (Å²) in [6.07, 6.45) is 0.306. The summed E-state index contributed by atoms with van der Waals surface area (Å²) in [5.41, 5.74) is 0.398. The van der Waals surface area contributed by atoms with E-state index < -0.39 is 5.60 Å². The van der Waals surface area contributed by atoms with Gasteiger partial charge in [-0.2, -0.15) is 0 Å². The zero-order chi connectivity index (χ0) is 14.5. The average molecular weight is 286 g/mol. The molecule has 0 fully saturated rings. The highest BCUT2D eigenvalue weighted by Gasteiger charge is 2.15. The SMILES string of the molecule is COc1ccc(NCCC(=O)OC(C)(C)C)cc1Cl. The van der Waals surface area contributed by atoms with E-state index >= 15 is 0 Å². The van der Waals surface area contributed by atoms with Crippen molar-refractivity contribution in [2.45, 2.75) is 32.8 Å². The van der Waals surface area contributed by atoms with Crippen LogP contribution in [0.4, 0.5) is 5.69 Å². The molecule has 0 heterocycles. The van der Waals surface area contributed by atoms with Gasteiger partial charge in [-0.15, -0.1) is 0 Å². The Labute approximate surface area is 119 Å². The number of anilines is 1. The normalized spacial score (nSPS) is 11.0. The van der Waals surface area contributed by atoms with E-state index in [1.54, 1.807) is 19.2 Å². The molecule has 0 bridgehead atoms. The van der Waals surface area contributed by atoms with E-state index in [2.05, 4.69) is 5.32 Å². The molecule has 0 radical (unpaired) electrons. The Balaban J connectivity index is 2.41. The summed E-state index contributed by atoms with van der Waals surface area (Å²) in [5.74, 6) is 0.402. The number of nitrogens with one attached hydrogen (secondary N) is 1. The number of halogens is 1. The summed E-state index contributed by atoms with van der Waals surface area (Å²) < 4.78 is 10.3. The van der Waals surface area contributed by atoms with E-state index in [4.69, 9.17) is 21.1 Å². The van der Waals surface area contributed by atoms with Crippen LogP contribution in [-0.2, 0) is 9.53 Å². The number of carbonyl (C=O) groups is 1. The van der Waals surface area contributed by atoms with E-state index in [-0.39, 0.29) is 5.97 Å². The van der Waals surface area contributed by atoms with Gasteiger partial charge in [0.1, 0.15) is 11.4 Å². The second-order valence-corrected chi connectivity index (χ2v) is 5.52. The molecular weight excluding hydrogens is 266 g/mol. The molecule has 4 nitrogen and oxygen atoms in total. The van der Waals surface area contributed by atoms with Crippen LogP contribution in [0.5, 0.6) is 5.75 Å². The minimum atomic E-state index is -0.444. The number of ether oxygens (including phenoxy) is 2. The Bertz CT molecular complexity index is 441. The van der Waals surface area contributed by atoms with Crippen LogP contribution in [0.2, 0.25) is 5.02 Å². The maximum atomic E-state index is 11.5. The first kappa shape index (κ1) is 15.6. The van der Waals surface area contributed by atoms with Gasteiger partial charge in [-0.05, 0) is 39.0 Å². The molecule has 1 aromatic carbocycles. The van der Waals surface area contributed by atoms with Crippen LogP contribution < -0.4 is 10.1 Å². The Kier molecular flexibility index (Phi) is 5.48. The van der Waals surface area contributed by atoms with E-state index in [0.29, 0.717) is 23.7 Å². The maximum Gasteiger partial charge on any atom is 0.308 e. The second kappa shape index (κ2) is 6.66. The lowest BCUT2D eigenvalue weighted by atomic mass is 10.2. The van der Waals surface area contributed by atoms with Gasteiger partial charge in [0.2, 0.25) is 0 Å². The minimum Gasteiger partial charge on any atom is -0.495 e. The van der Waals surface area contributed by atoms with Crippen molar-refractivity contribution in [1.82, 2.24) is 0 Å². The number of carbonyl (C=O) groups excluding carboxylic acids is 1. The predicted molar refractivity (Wildman–Crippen MR) is 77.0 cm³/mol. The highest BCUT2D eigenvalue weighted by molar-refractivity contribution is 6.32. The monoisotopic (exact) mass is 285 g/mol. The minimum absolute atomic E-state index is 0.223. The molecule has 0 amide bonds. The number of hydrogen-bond donors (Lipinski definition) is 1. The average Bonchev–Trinajstić information content (AvgIpc) is 2.26. The van der Waals surface area contributed by atoms with Crippen LogP contribution in [0, 0.1) is 0 Å². The van der Waals surface area contributed by atoms with Gasteiger partial charge in [0.05, 0.1) is 18.6 Å². The van der Waals surface area contributed by atoms with Crippen LogP contribution in [-0.4, -0.2) is 25.2 Å². The molecule has 0 unspecified atom stereocenters. The van der Waals surface area contributed by atoms with Gasteiger partial charge in [0.15, 0.2) is 0 Å². The molecule has 0 aromatic heterocycles. The molecular formula is C14H20ClNO3. The molecule has 1 N–H and O–H groups in total. The molecule has 1 rings (SSSR count). The maximum absolute atomic E-state index is 11.5. The lowest BCUT2D eigenvalue weighted by molar-refractivity contribution is -0.154. The number of benzene rings is 1. The molecule has 1 aromatic rings. The van der Waals surface area contributed by atoms with Crippen LogP contribution in [0.3, 0.4) is 0 Å². The van der Waals surface area contributed by atoms with Crippen LogP contribution in [0.25, 0.3) is 0 Å². The Morgan fingerprint density at radius 1 is 1.37 bits per heavy atom. The molecule has 0 saturated carbocycles. The van der Waals surface area contributed by atoms with Crippen molar-refractivity contribution >= 4 is 23.3 Å². The van der Waals surface area contributed by atoms with Crippen molar-refractivity contribution in [3.63, 3.8) is 0 Å². The van der Waals surface area contributed by atoms with Crippen LogP contribution in [0.1, 0.15) is 27.2 Å². The number of hydrogen-bond acceptors (Lipinski definition) is 4. The second-order valence-electron chi connectivity index (χ2n) is 5.11.